The molecule has 2 aromatic carbocycles. The van der Waals surface area contributed by atoms with Crippen molar-refractivity contribution in [3.05, 3.63) is 63.4 Å². The predicted molar refractivity (Wildman–Crippen MR) is 105 cm³/mol. The fraction of sp³-hybridized carbons (Fsp3) is 0.238. The molecule has 7 heteroatoms. The minimum atomic E-state index is -1.23. The normalized spacial score (nSPS) is 17.5. The van der Waals surface area contributed by atoms with E-state index in [0.29, 0.717) is 16.7 Å². The van der Waals surface area contributed by atoms with Crippen LogP contribution in [0.5, 0.6) is 5.75 Å². The maximum atomic E-state index is 12.7. The Labute approximate surface area is 160 Å². The summed E-state index contributed by atoms with van der Waals surface area (Å²) in [6.07, 6.45) is 1.37. The van der Waals surface area contributed by atoms with E-state index in [-0.39, 0.29) is 18.3 Å². The third kappa shape index (κ3) is 2.26. The third-order valence-electron chi connectivity index (χ3n) is 5.62. The maximum Gasteiger partial charge on any atom is 0.341 e. The van der Waals surface area contributed by atoms with Gasteiger partial charge in [0.15, 0.2) is 12.5 Å². The Bertz CT molecular complexity index is 1210. The first-order valence-corrected chi connectivity index (χ1v) is 9.12. The van der Waals surface area contributed by atoms with Crippen LogP contribution < -0.4 is 20.5 Å². The quantitative estimate of drug-likeness (QED) is 0.714. The Morgan fingerprint density at radius 2 is 2.11 bits per heavy atom. The van der Waals surface area contributed by atoms with Gasteiger partial charge >= 0.3 is 5.97 Å². The van der Waals surface area contributed by atoms with Crippen molar-refractivity contribution in [2.75, 3.05) is 18.8 Å². The highest BCUT2D eigenvalue weighted by atomic mass is 16.5. The summed E-state index contributed by atoms with van der Waals surface area (Å²) < 4.78 is 7.69. The molecule has 3 aromatic rings. The second-order valence-corrected chi connectivity index (χ2v) is 7.31. The topological polar surface area (TPSA) is 83.8 Å². The van der Waals surface area contributed by atoms with Crippen LogP contribution in [0.3, 0.4) is 0 Å². The van der Waals surface area contributed by atoms with Crippen LogP contribution in [0.1, 0.15) is 34.5 Å². The van der Waals surface area contributed by atoms with Gasteiger partial charge in [-0.2, -0.15) is 0 Å². The number of fused-ring (bicyclic) bond motifs is 1. The van der Waals surface area contributed by atoms with Crippen LogP contribution in [0.15, 0.2) is 41.3 Å². The molecule has 0 aliphatic carbocycles. The number of nitrogens with zero attached hydrogens (tertiary/aromatic N) is 2. The van der Waals surface area contributed by atoms with Gasteiger partial charge in [-0.25, -0.2) is 4.79 Å². The lowest BCUT2D eigenvalue weighted by atomic mass is 9.96. The fourth-order valence-electron chi connectivity index (χ4n) is 4.09. The molecule has 0 fully saturated rings. The highest BCUT2D eigenvalue weighted by Crippen LogP contribution is 2.39. The average molecular weight is 377 g/mol. The van der Waals surface area contributed by atoms with Gasteiger partial charge in [-0.1, -0.05) is 12.1 Å². The molecule has 3 heterocycles. The van der Waals surface area contributed by atoms with Crippen molar-refractivity contribution < 1.29 is 14.6 Å². The van der Waals surface area contributed by atoms with E-state index in [4.69, 9.17) is 4.74 Å². The fourth-order valence-corrected chi connectivity index (χ4v) is 4.09. The second kappa shape index (κ2) is 5.84. The van der Waals surface area contributed by atoms with Gasteiger partial charge in [-0.15, -0.1) is 0 Å². The van der Waals surface area contributed by atoms with Crippen molar-refractivity contribution in [1.29, 1.82) is 0 Å². The largest absolute Gasteiger partial charge is 0.477 e. The van der Waals surface area contributed by atoms with Crippen molar-refractivity contribution >= 4 is 16.9 Å². The number of rotatable bonds is 2. The SMILES string of the molecule is CC1NCc2ccc(-c3ccc4c(=O)c(C(=O)O)cn5c4c3OCN5C)cc21. The van der Waals surface area contributed by atoms with Gasteiger partial charge in [0, 0.05) is 31.4 Å². The molecule has 0 bridgehead atoms. The van der Waals surface area contributed by atoms with Gasteiger partial charge < -0.3 is 15.2 Å². The molecule has 0 saturated carbocycles. The van der Waals surface area contributed by atoms with Crippen LogP contribution >= 0.6 is 0 Å². The first-order chi connectivity index (χ1) is 13.5. The van der Waals surface area contributed by atoms with Crippen LogP contribution in [0.25, 0.3) is 22.0 Å². The number of pyridine rings is 1. The molecule has 28 heavy (non-hydrogen) atoms. The van der Waals surface area contributed by atoms with Crippen molar-refractivity contribution in [2.45, 2.75) is 19.5 Å². The average Bonchev–Trinajstić information content (AvgIpc) is 3.06. The minimum absolute atomic E-state index is 0.252. The summed E-state index contributed by atoms with van der Waals surface area (Å²) >= 11 is 0. The van der Waals surface area contributed by atoms with E-state index in [9.17, 15) is 14.7 Å². The summed E-state index contributed by atoms with van der Waals surface area (Å²) in [5.41, 5.74) is 4.28. The van der Waals surface area contributed by atoms with Crippen LogP contribution in [-0.2, 0) is 6.54 Å². The number of hydrogen-bond donors (Lipinski definition) is 2. The smallest absolute Gasteiger partial charge is 0.341 e. The molecule has 5 rings (SSSR count). The van der Waals surface area contributed by atoms with Gasteiger partial charge in [-0.05, 0) is 41.8 Å². The van der Waals surface area contributed by atoms with E-state index in [0.717, 1.165) is 17.7 Å². The number of aromatic carboxylic acids is 1. The number of carboxylic acid groups (broad SMARTS) is 1. The second-order valence-electron chi connectivity index (χ2n) is 7.31. The predicted octanol–water partition coefficient (Wildman–Crippen LogP) is 2.45. The Hall–Kier alpha value is -3.32. The van der Waals surface area contributed by atoms with Crippen molar-refractivity contribution in [3.8, 4) is 16.9 Å². The Morgan fingerprint density at radius 1 is 1.29 bits per heavy atom. The van der Waals surface area contributed by atoms with Gasteiger partial charge in [-0.3, -0.25) is 14.5 Å². The van der Waals surface area contributed by atoms with Gasteiger partial charge in [0.2, 0.25) is 5.43 Å². The Morgan fingerprint density at radius 3 is 2.89 bits per heavy atom. The third-order valence-corrected chi connectivity index (χ3v) is 5.62. The van der Waals surface area contributed by atoms with E-state index < -0.39 is 11.4 Å². The number of aromatic nitrogens is 1. The van der Waals surface area contributed by atoms with Gasteiger partial charge in [0.05, 0.1) is 5.39 Å². The standard InChI is InChI=1S/C21H19N3O4/c1-11-16-7-12(3-4-13(16)8-22-11)14-5-6-15-18-20(14)28-10-23(2)24(18)9-17(19(15)25)21(26)27/h3-7,9,11,22H,8,10H2,1-2H3,(H,26,27). The van der Waals surface area contributed by atoms with E-state index in [2.05, 4.69) is 30.4 Å². The lowest BCUT2D eigenvalue weighted by molar-refractivity contribution is 0.0694. The van der Waals surface area contributed by atoms with Crippen LogP contribution in [0.2, 0.25) is 0 Å². The number of nitrogens with one attached hydrogen (secondary N) is 1. The molecule has 1 atom stereocenters. The summed E-state index contributed by atoms with van der Waals surface area (Å²) in [4.78, 5) is 24.2. The summed E-state index contributed by atoms with van der Waals surface area (Å²) in [6.45, 7) is 3.25. The molecular formula is C21H19N3O4. The van der Waals surface area contributed by atoms with E-state index in [1.165, 1.54) is 17.3 Å². The van der Waals surface area contributed by atoms with Crippen LogP contribution in [0.4, 0.5) is 0 Å². The number of ether oxygens (including phenoxy) is 1. The molecule has 0 saturated heterocycles. The lowest BCUT2D eigenvalue weighted by Crippen LogP contribution is -2.39. The summed E-state index contributed by atoms with van der Waals surface area (Å²) in [6, 6.07) is 10.2. The van der Waals surface area contributed by atoms with Gasteiger partial charge in [0.25, 0.3) is 0 Å². The van der Waals surface area contributed by atoms with Crippen molar-refractivity contribution in [3.63, 3.8) is 0 Å². The highest BCUT2D eigenvalue weighted by Gasteiger charge is 2.26. The number of hydrogen-bond acceptors (Lipinski definition) is 5. The molecule has 2 aliphatic rings. The highest BCUT2D eigenvalue weighted by molar-refractivity contribution is 5.98. The first-order valence-electron chi connectivity index (χ1n) is 9.12. The lowest BCUT2D eigenvalue weighted by Gasteiger charge is -2.31. The number of carboxylic acids is 1. The zero-order valence-electron chi connectivity index (χ0n) is 15.5. The number of carbonyl (C=O) groups is 1. The summed E-state index contributed by atoms with van der Waals surface area (Å²) in [5.74, 6) is -0.635. The van der Waals surface area contributed by atoms with E-state index >= 15 is 0 Å². The van der Waals surface area contributed by atoms with Crippen molar-refractivity contribution in [2.24, 2.45) is 0 Å². The number of benzene rings is 2. The molecular weight excluding hydrogens is 358 g/mol. The summed E-state index contributed by atoms with van der Waals surface area (Å²) in [5, 5.41) is 14.9. The zero-order valence-corrected chi connectivity index (χ0v) is 15.5. The molecule has 0 amide bonds. The van der Waals surface area contributed by atoms with Crippen molar-refractivity contribution in [1.82, 2.24) is 9.99 Å². The molecule has 1 unspecified atom stereocenters. The van der Waals surface area contributed by atoms with Gasteiger partial charge in [0.1, 0.15) is 11.1 Å². The van der Waals surface area contributed by atoms with E-state index in [1.807, 2.05) is 6.07 Å². The Balaban J connectivity index is 1.80. The molecule has 1 aromatic heterocycles. The monoisotopic (exact) mass is 377 g/mol. The zero-order chi connectivity index (χ0) is 19.6. The van der Waals surface area contributed by atoms with Crippen LogP contribution in [-0.4, -0.2) is 29.5 Å². The maximum absolute atomic E-state index is 12.7. The Kier molecular flexibility index (Phi) is 3.51. The molecule has 7 nitrogen and oxygen atoms in total. The van der Waals surface area contributed by atoms with Crippen LogP contribution in [0, 0.1) is 0 Å². The van der Waals surface area contributed by atoms with E-state index in [1.54, 1.807) is 22.8 Å². The summed E-state index contributed by atoms with van der Waals surface area (Å²) in [7, 11) is 1.79. The molecule has 0 spiro atoms. The molecule has 2 N–H and O–H groups in total. The molecule has 0 radical (unpaired) electrons. The molecule has 2 aliphatic heterocycles. The first kappa shape index (κ1) is 16.8. The minimum Gasteiger partial charge on any atom is -0.477 e. The molecule has 142 valence electrons.